The van der Waals surface area contributed by atoms with Crippen LogP contribution in [0.15, 0.2) is 23.1 Å². The maximum atomic E-state index is 11.7. The number of benzene rings is 1. The van der Waals surface area contributed by atoms with E-state index in [0.717, 1.165) is 6.07 Å². The fourth-order valence-corrected chi connectivity index (χ4v) is 2.79. The van der Waals surface area contributed by atoms with Gasteiger partial charge in [-0.3, -0.25) is 10.1 Å². The molecule has 0 saturated carbocycles. The Kier molecular flexibility index (Phi) is 5.50. The van der Waals surface area contributed by atoms with E-state index in [2.05, 4.69) is 4.72 Å². The van der Waals surface area contributed by atoms with Gasteiger partial charge in [-0.2, -0.15) is 0 Å². The summed E-state index contributed by atoms with van der Waals surface area (Å²) >= 11 is 6.13. The predicted octanol–water partition coefficient (Wildman–Crippen LogP) is 2.62. The standard InChI is InChI=1S/C12H17ClN2O4S/c1-4-11(13)8(2)10-6-5-9(20(18,19)14-3)7-12(10)15(16)17/h5-8,11,14H,4H2,1-3H3. The molecule has 0 aliphatic heterocycles. The zero-order chi connectivity index (χ0) is 15.5. The molecule has 0 amide bonds. The number of nitro groups is 1. The van der Waals surface area contributed by atoms with Crippen LogP contribution in [0.5, 0.6) is 0 Å². The number of nitrogens with one attached hydrogen (secondary N) is 1. The van der Waals surface area contributed by atoms with Gasteiger partial charge in [0.15, 0.2) is 0 Å². The van der Waals surface area contributed by atoms with Crippen LogP contribution < -0.4 is 4.72 Å². The summed E-state index contributed by atoms with van der Waals surface area (Å²) in [4.78, 5) is 10.4. The number of alkyl halides is 1. The van der Waals surface area contributed by atoms with Crippen molar-refractivity contribution in [2.75, 3.05) is 7.05 Å². The minimum Gasteiger partial charge on any atom is -0.258 e. The summed E-state index contributed by atoms with van der Waals surface area (Å²) < 4.78 is 25.5. The lowest BCUT2D eigenvalue weighted by molar-refractivity contribution is -0.385. The van der Waals surface area contributed by atoms with Crippen molar-refractivity contribution in [2.45, 2.75) is 36.5 Å². The second-order valence-corrected chi connectivity index (χ2v) is 6.85. The lowest BCUT2D eigenvalue weighted by atomic mass is 9.94. The molecule has 20 heavy (non-hydrogen) atoms. The molecule has 0 spiro atoms. The molecule has 1 N–H and O–H groups in total. The highest BCUT2D eigenvalue weighted by Crippen LogP contribution is 2.33. The molecule has 0 saturated heterocycles. The van der Waals surface area contributed by atoms with E-state index in [1.165, 1.54) is 19.2 Å². The zero-order valence-corrected chi connectivity index (χ0v) is 13.0. The summed E-state index contributed by atoms with van der Waals surface area (Å²) in [7, 11) is -2.46. The van der Waals surface area contributed by atoms with Crippen LogP contribution in [-0.2, 0) is 10.0 Å². The van der Waals surface area contributed by atoms with Gasteiger partial charge in [0.1, 0.15) is 0 Å². The number of halogens is 1. The van der Waals surface area contributed by atoms with E-state index in [9.17, 15) is 18.5 Å². The van der Waals surface area contributed by atoms with E-state index in [-0.39, 0.29) is 21.9 Å². The Morgan fingerprint density at radius 3 is 2.50 bits per heavy atom. The first-order chi connectivity index (χ1) is 9.24. The van der Waals surface area contributed by atoms with Crippen molar-refractivity contribution < 1.29 is 13.3 Å². The SMILES string of the molecule is CCC(Cl)C(C)c1ccc(S(=O)(=O)NC)cc1[N+](=O)[O-]. The normalized spacial score (nSPS) is 14.8. The molecule has 1 aromatic carbocycles. The fourth-order valence-electron chi connectivity index (χ4n) is 1.90. The highest BCUT2D eigenvalue weighted by molar-refractivity contribution is 7.89. The van der Waals surface area contributed by atoms with Gasteiger partial charge in [-0.05, 0) is 19.5 Å². The first-order valence-corrected chi connectivity index (χ1v) is 8.02. The van der Waals surface area contributed by atoms with E-state index in [1.54, 1.807) is 6.92 Å². The van der Waals surface area contributed by atoms with E-state index in [4.69, 9.17) is 11.6 Å². The van der Waals surface area contributed by atoms with Crippen LogP contribution in [-0.4, -0.2) is 25.8 Å². The Balaban J connectivity index is 3.39. The fraction of sp³-hybridized carbons (Fsp3) is 0.500. The number of hydrogen-bond acceptors (Lipinski definition) is 4. The monoisotopic (exact) mass is 320 g/mol. The molecule has 112 valence electrons. The van der Waals surface area contributed by atoms with Crippen LogP contribution in [0.25, 0.3) is 0 Å². The highest BCUT2D eigenvalue weighted by Gasteiger charge is 2.26. The molecule has 0 aliphatic carbocycles. The predicted molar refractivity (Wildman–Crippen MR) is 77.7 cm³/mol. The summed E-state index contributed by atoms with van der Waals surface area (Å²) in [6.45, 7) is 3.68. The third kappa shape index (κ3) is 3.47. The van der Waals surface area contributed by atoms with Crippen molar-refractivity contribution in [1.29, 1.82) is 0 Å². The molecule has 0 aromatic heterocycles. The van der Waals surface area contributed by atoms with E-state index < -0.39 is 14.9 Å². The van der Waals surface area contributed by atoms with Crippen LogP contribution in [0, 0.1) is 10.1 Å². The molecule has 0 radical (unpaired) electrons. The van der Waals surface area contributed by atoms with Crippen molar-refractivity contribution in [1.82, 2.24) is 4.72 Å². The first kappa shape index (κ1) is 16.9. The van der Waals surface area contributed by atoms with Gasteiger partial charge < -0.3 is 0 Å². The van der Waals surface area contributed by atoms with Crippen molar-refractivity contribution in [3.8, 4) is 0 Å². The number of nitrogens with zero attached hydrogens (tertiary/aromatic N) is 1. The smallest absolute Gasteiger partial charge is 0.258 e. The molecule has 1 aromatic rings. The number of nitro benzene ring substituents is 1. The van der Waals surface area contributed by atoms with Gasteiger partial charge in [-0.15, -0.1) is 11.6 Å². The third-order valence-corrected chi connectivity index (χ3v) is 5.30. The quantitative estimate of drug-likeness (QED) is 0.495. The molecule has 6 nitrogen and oxygen atoms in total. The van der Waals surface area contributed by atoms with Gasteiger partial charge in [-0.25, -0.2) is 13.1 Å². The topological polar surface area (TPSA) is 89.3 Å². The number of rotatable bonds is 6. The van der Waals surface area contributed by atoms with E-state index in [1.807, 2.05) is 6.92 Å². The minimum atomic E-state index is -3.71. The molecule has 1 rings (SSSR count). The van der Waals surface area contributed by atoms with Crippen molar-refractivity contribution >= 4 is 27.3 Å². The van der Waals surface area contributed by atoms with Crippen molar-refractivity contribution in [3.05, 3.63) is 33.9 Å². The molecule has 0 bridgehead atoms. The summed E-state index contributed by atoms with van der Waals surface area (Å²) in [5.74, 6) is -0.242. The van der Waals surface area contributed by atoms with Crippen molar-refractivity contribution in [3.63, 3.8) is 0 Å². The van der Waals surface area contributed by atoms with Gasteiger partial charge in [0.05, 0.1) is 9.82 Å². The summed E-state index contributed by atoms with van der Waals surface area (Å²) in [6, 6.07) is 3.87. The van der Waals surface area contributed by atoms with Gasteiger partial charge in [0.25, 0.3) is 5.69 Å². The average Bonchev–Trinajstić information content (AvgIpc) is 2.44. The van der Waals surface area contributed by atoms with Crippen LogP contribution in [0.1, 0.15) is 31.7 Å². The summed E-state index contributed by atoms with van der Waals surface area (Å²) in [5.41, 5.74) is 0.208. The van der Waals surface area contributed by atoms with Gasteiger partial charge in [0.2, 0.25) is 10.0 Å². The zero-order valence-electron chi connectivity index (χ0n) is 11.5. The second-order valence-electron chi connectivity index (χ2n) is 4.40. The molecule has 0 aliphatic rings. The van der Waals surface area contributed by atoms with Crippen molar-refractivity contribution in [2.24, 2.45) is 0 Å². The minimum absolute atomic E-state index is 0.134. The average molecular weight is 321 g/mol. The lowest BCUT2D eigenvalue weighted by Gasteiger charge is -2.17. The molecule has 2 atom stereocenters. The third-order valence-electron chi connectivity index (χ3n) is 3.20. The Bertz CT molecular complexity index is 603. The molecule has 2 unspecified atom stereocenters. The van der Waals surface area contributed by atoms with Crippen LogP contribution >= 0.6 is 11.6 Å². The molecule has 0 fully saturated rings. The van der Waals surface area contributed by atoms with Crippen LogP contribution in [0.2, 0.25) is 0 Å². The molecular weight excluding hydrogens is 304 g/mol. The van der Waals surface area contributed by atoms with Gasteiger partial charge in [-0.1, -0.05) is 19.9 Å². The van der Waals surface area contributed by atoms with E-state index >= 15 is 0 Å². The van der Waals surface area contributed by atoms with Gasteiger partial charge in [0, 0.05) is 22.9 Å². The summed E-state index contributed by atoms with van der Waals surface area (Å²) in [5, 5.41) is 10.9. The van der Waals surface area contributed by atoms with E-state index in [0.29, 0.717) is 12.0 Å². The highest BCUT2D eigenvalue weighted by atomic mass is 35.5. The summed E-state index contributed by atoms with van der Waals surface area (Å²) in [6.07, 6.45) is 0.663. The number of sulfonamides is 1. The maximum Gasteiger partial charge on any atom is 0.274 e. The van der Waals surface area contributed by atoms with Crippen LogP contribution in [0.4, 0.5) is 5.69 Å². The Morgan fingerprint density at radius 2 is 2.05 bits per heavy atom. The van der Waals surface area contributed by atoms with Gasteiger partial charge >= 0.3 is 0 Å². The molecule has 8 heteroatoms. The lowest BCUT2D eigenvalue weighted by Crippen LogP contribution is -2.19. The maximum absolute atomic E-state index is 11.7. The number of hydrogen-bond donors (Lipinski definition) is 1. The largest absolute Gasteiger partial charge is 0.274 e. The molecular formula is C12H17ClN2O4S. The Morgan fingerprint density at radius 1 is 1.45 bits per heavy atom. The Labute approximate surface area is 123 Å². The Hall–Kier alpha value is -1.18. The second kappa shape index (κ2) is 6.51. The first-order valence-electron chi connectivity index (χ1n) is 6.10. The van der Waals surface area contributed by atoms with Crippen LogP contribution in [0.3, 0.4) is 0 Å². The molecule has 0 heterocycles.